The standard InChI is InChI=1S/C29H25FN8/c30-22-9-17(12-31)7-19(10-22)23-3-1-4-25-26(23)35-29(34-25)27-24-11-21(15-33-28(24)37-36-27)20-8-18(13-32-14-20)16-38-5-2-6-38/h1,3-4,7-11,13-15H,2,5-6,12,16,31H2,(H,34,35)(H,33,36,37). The van der Waals surface area contributed by atoms with Gasteiger partial charge in [0.15, 0.2) is 11.5 Å². The summed E-state index contributed by atoms with van der Waals surface area (Å²) in [5.41, 5.74) is 14.2. The van der Waals surface area contributed by atoms with Gasteiger partial charge in [-0.3, -0.25) is 15.0 Å². The van der Waals surface area contributed by atoms with E-state index in [0.717, 1.165) is 69.6 Å². The summed E-state index contributed by atoms with van der Waals surface area (Å²) in [4.78, 5) is 19.8. The van der Waals surface area contributed by atoms with E-state index in [9.17, 15) is 4.39 Å². The van der Waals surface area contributed by atoms with Crippen molar-refractivity contribution in [3.05, 3.63) is 84.1 Å². The zero-order valence-electron chi connectivity index (χ0n) is 20.6. The van der Waals surface area contributed by atoms with Crippen LogP contribution < -0.4 is 5.73 Å². The molecule has 0 amide bonds. The number of fused-ring (bicyclic) bond motifs is 2. The van der Waals surface area contributed by atoms with Gasteiger partial charge in [-0.05, 0) is 72.6 Å². The number of halogens is 1. The first-order chi connectivity index (χ1) is 18.6. The summed E-state index contributed by atoms with van der Waals surface area (Å²) < 4.78 is 14.3. The summed E-state index contributed by atoms with van der Waals surface area (Å²) >= 11 is 0. The average molecular weight is 505 g/mol. The first-order valence-corrected chi connectivity index (χ1v) is 12.6. The van der Waals surface area contributed by atoms with Crippen molar-refractivity contribution >= 4 is 22.1 Å². The van der Waals surface area contributed by atoms with E-state index in [4.69, 9.17) is 10.7 Å². The molecular weight excluding hydrogens is 479 g/mol. The van der Waals surface area contributed by atoms with Crippen molar-refractivity contribution in [2.75, 3.05) is 13.1 Å². The van der Waals surface area contributed by atoms with Gasteiger partial charge in [0.05, 0.1) is 16.4 Å². The molecule has 1 aliphatic rings. The fourth-order valence-corrected chi connectivity index (χ4v) is 5.08. The Hall–Kier alpha value is -4.47. The first-order valence-electron chi connectivity index (χ1n) is 12.6. The molecular formula is C29H25FN8. The molecule has 4 aromatic heterocycles. The summed E-state index contributed by atoms with van der Waals surface area (Å²) in [5.74, 6) is 0.311. The van der Waals surface area contributed by atoms with Crippen LogP contribution in [0.15, 0.2) is 67.1 Å². The molecule has 9 heteroatoms. The van der Waals surface area contributed by atoms with Gasteiger partial charge in [-0.1, -0.05) is 12.1 Å². The molecule has 2 aromatic carbocycles. The van der Waals surface area contributed by atoms with Gasteiger partial charge in [-0.2, -0.15) is 5.10 Å². The molecule has 4 N–H and O–H groups in total. The predicted molar refractivity (Wildman–Crippen MR) is 145 cm³/mol. The molecule has 38 heavy (non-hydrogen) atoms. The minimum absolute atomic E-state index is 0.263. The van der Waals surface area contributed by atoms with E-state index in [-0.39, 0.29) is 12.4 Å². The highest BCUT2D eigenvalue weighted by Crippen LogP contribution is 2.33. The summed E-state index contributed by atoms with van der Waals surface area (Å²) in [7, 11) is 0. The second-order valence-electron chi connectivity index (χ2n) is 9.74. The molecule has 0 spiro atoms. The maximum absolute atomic E-state index is 14.3. The number of hydrogen-bond acceptors (Lipinski definition) is 6. The fourth-order valence-electron chi connectivity index (χ4n) is 5.08. The second kappa shape index (κ2) is 9.13. The molecule has 0 saturated carbocycles. The van der Waals surface area contributed by atoms with Crippen molar-refractivity contribution < 1.29 is 4.39 Å². The molecule has 0 unspecified atom stereocenters. The lowest BCUT2D eigenvalue weighted by molar-refractivity contribution is 0.172. The maximum atomic E-state index is 14.3. The Morgan fingerprint density at radius 1 is 0.947 bits per heavy atom. The highest BCUT2D eigenvalue weighted by molar-refractivity contribution is 5.97. The Labute approximate surface area is 217 Å². The zero-order valence-corrected chi connectivity index (χ0v) is 20.6. The van der Waals surface area contributed by atoms with Crippen LogP contribution in [0.1, 0.15) is 17.5 Å². The number of imidazole rings is 1. The van der Waals surface area contributed by atoms with Gasteiger partial charge in [-0.25, -0.2) is 14.4 Å². The summed E-state index contributed by atoms with van der Waals surface area (Å²) in [6.45, 7) is 3.46. The third kappa shape index (κ3) is 4.02. The van der Waals surface area contributed by atoms with E-state index < -0.39 is 0 Å². The van der Waals surface area contributed by atoms with Crippen LogP contribution in [0.5, 0.6) is 0 Å². The van der Waals surface area contributed by atoms with Crippen molar-refractivity contribution in [3.8, 4) is 33.8 Å². The molecule has 5 heterocycles. The van der Waals surface area contributed by atoms with Crippen LogP contribution in [0.3, 0.4) is 0 Å². The number of hydrogen-bond donors (Lipinski definition) is 3. The number of rotatable bonds is 6. The van der Waals surface area contributed by atoms with Crippen LogP contribution in [0.4, 0.5) is 4.39 Å². The topological polar surface area (TPSA) is 112 Å². The van der Waals surface area contributed by atoms with Crippen LogP contribution in [-0.2, 0) is 13.1 Å². The van der Waals surface area contributed by atoms with Crippen molar-refractivity contribution in [1.29, 1.82) is 0 Å². The normalized spacial score (nSPS) is 13.8. The lowest BCUT2D eigenvalue weighted by atomic mass is 10.0. The summed E-state index contributed by atoms with van der Waals surface area (Å²) in [6, 6.07) is 14.9. The minimum atomic E-state index is -0.322. The van der Waals surface area contributed by atoms with Crippen LogP contribution in [-0.4, -0.2) is 48.1 Å². The molecule has 1 fully saturated rings. The van der Waals surface area contributed by atoms with Gasteiger partial charge in [0, 0.05) is 48.4 Å². The molecule has 0 radical (unpaired) electrons. The van der Waals surface area contributed by atoms with Crippen LogP contribution in [0.25, 0.3) is 55.8 Å². The van der Waals surface area contributed by atoms with Gasteiger partial charge >= 0.3 is 0 Å². The highest BCUT2D eigenvalue weighted by Gasteiger charge is 2.18. The van der Waals surface area contributed by atoms with E-state index >= 15 is 0 Å². The Morgan fingerprint density at radius 2 is 1.82 bits per heavy atom. The number of nitrogens with one attached hydrogen (secondary N) is 2. The molecule has 0 atom stereocenters. The predicted octanol–water partition coefficient (Wildman–Crippen LogP) is 5.03. The average Bonchev–Trinajstić information content (AvgIpc) is 3.54. The molecule has 188 valence electrons. The number of pyridine rings is 2. The molecule has 6 aromatic rings. The van der Waals surface area contributed by atoms with Crippen molar-refractivity contribution in [3.63, 3.8) is 0 Å². The smallest absolute Gasteiger partial charge is 0.181 e. The van der Waals surface area contributed by atoms with Gasteiger partial charge in [0.2, 0.25) is 0 Å². The molecule has 1 saturated heterocycles. The molecule has 0 bridgehead atoms. The largest absolute Gasteiger partial charge is 0.337 e. The zero-order chi connectivity index (χ0) is 25.6. The van der Waals surface area contributed by atoms with Gasteiger partial charge < -0.3 is 10.7 Å². The van der Waals surface area contributed by atoms with E-state index in [1.165, 1.54) is 24.1 Å². The van der Waals surface area contributed by atoms with Gasteiger partial charge in [0.25, 0.3) is 0 Å². The lowest BCUT2D eigenvalue weighted by Gasteiger charge is -2.30. The lowest BCUT2D eigenvalue weighted by Crippen LogP contribution is -2.36. The van der Waals surface area contributed by atoms with Crippen LogP contribution >= 0.6 is 0 Å². The maximum Gasteiger partial charge on any atom is 0.181 e. The van der Waals surface area contributed by atoms with Gasteiger partial charge in [0.1, 0.15) is 11.5 Å². The van der Waals surface area contributed by atoms with E-state index in [2.05, 4.69) is 42.2 Å². The molecule has 1 aliphatic heterocycles. The number of para-hydroxylation sites is 1. The van der Waals surface area contributed by atoms with Crippen molar-refractivity contribution in [1.82, 2.24) is 35.0 Å². The second-order valence-corrected chi connectivity index (χ2v) is 9.74. The molecule has 0 aliphatic carbocycles. The number of aromatic amines is 2. The number of H-pyrrole nitrogens is 2. The molecule has 7 rings (SSSR count). The molecule has 8 nitrogen and oxygen atoms in total. The SMILES string of the molecule is NCc1cc(F)cc(-c2cccc3[nH]c(-c4[nH]nc5ncc(-c6cncc(CN7CCC7)c6)cc45)nc23)c1. The van der Waals surface area contributed by atoms with E-state index in [1.807, 2.05) is 42.9 Å². The number of aromatic nitrogens is 6. The van der Waals surface area contributed by atoms with Crippen molar-refractivity contribution in [2.24, 2.45) is 5.73 Å². The Bertz CT molecular complexity index is 1800. The van der Waals surface area contributed by atoms with E-state index in [0.29, 0.717) is 11.5 Å². The first kappa shape index (κ1) is 22.7. The minimum Gasteiger partial charge on any atom is -0.337 e. The number of nitrogens with two attached hydrogens (primary N) is 1. The van der Waals surface area contributed by atoms with Crippen LogP contribution in [0, 0.1) is 5.82 Å². The third-order valence-electron chi connectivity index (χ3n) is 7.15. The van der Waals surface area contributed by atoms with Crippen molar-refractivity contribution in [2.45, 2.75) is 19.5 Å². The quantitative estimate of drug-likeness (QED) is 0.293. The Balaban J connectivity index is 1.29. The number of nitrogens with zero attached hydrogens (tertiary/aromatic N) is 5. The summed E-state index contributed by atoms with van der Waals surface area (Å²) in [5, 5.41) is 8.37. The third-order valence-corrected chi connectivity index (χ3v) is 7.15. The Kier molecular flexibility index (Phi) is 5.45. The number of benzene rings is 2. The fraction of sp³-hybridized carbons (Fsp3) is 0.172. The number of likely N-dealkylation sites (tertiary alicyclic amines) is 1. The summed E-state index contributed by atoms with van der Waals surface area (Å²) in [6.07, 6.45) is 6.88. The van der Waals surface area contributed by atoms with E-state index in [1.54, 1.807) is 0 Å². The highest BCUT2D eigenvalue weighted by atomic mass is 19.1. The monoisotopic (exact) mass is 504 g/mol. The Morgan fingerprint density at radius 3 is 2.66 bits per heavy atom. The van der Waals surface area contributed by atoms with Gasteiger partial charge in [-0.15, -0.1) is 0 Å². The van der Waals surface area contributed by atoms with Crippen LogP contribution in [0.2, 0.25) is 0 Å².